The first kappa shape index (κ1) is 16.0. The predicted octanol–water partition coefficient (Wildman–Crippen LogP) is 2.71. The van der Waals surface area contributed by atoms with Gasteiger partial charge in [0, 0.05) is 18.8 Å². The maximum absolute atomic E-state index is 5.42. The van der Waals surface area contributed by atoms with Crippen molar-refractivity contribution in [3.05, 3.63) is 24.3 Å². The number of nitrogens with zero attached hydrogens (tertiary/aromatic N) is 1. The zero-order valence-electron chi connectivity index (χ0n) is 12.9. The van der Waals surface area contributed by atoms with Crippen molar-refractivity contribution in [2.24, 2.45) is 5.92 Å². The molecule has 1 saturated heterocycles. The Labute approximate surface area is 132 Å². The molecule has 4 nitrogen and oxygen atoms in total. The molecule has 1 heterocycles. The molecule has 0 unspecified atom stereocenters. The molecule has 1 aliphatic rings. The quantitative estimate of drug-likeness (QED) is 0.818. The zero-order chi connectivity index (χ0) is 15.1. The van der Waals surface area contributed by atoms with Crippen LogP contribution in [0.3, 0.4) is 0 Å². The average molecular weight is 307 g/mol. The Morgan fingerprint density at radius 2 is 2.14 bits per heavy atom. The standard InChI is InChI=1S/C16H25N3OS/c1-3-20-15-8-6-14(7-9-15)18-16(21)17-11-13-5-4-10-19(2)12-13/h6-9,13H,3-5,10-12H2,1-2H3,(H2,17,18,21)/t13-/m0/s1. The van der Waals surface area contributed by atoms with Gasteiger partial charge in [0.25, 0.3) is 0 Å². The van der Waals surface area contributed by atoms with Gasteiger partial charge in [0.2, 0.25) is 0 Å². The van der Waals surface area contributed by atoms with Crippen LogP contribution in [0.4, 0.5) is 5.69 Å². The fourth-order valence-electron chi connectivity index (χ4n) is 2.65. The molecule has 0 radical (unpaired) electrons. The van der Waals surface area contributed by atoms with Crippen LogP contribution in [0.25, 0.3) is 0 Å². The van der Waals surface area contributed by atoms with Crippen molar-refractivity contribution >= 4 is 23.0 Å². The minimum absolute atomic E-state index is 0.683. The number of likely N-dealkylation sites (tertiary alicyclic amines) is 1. The fraction of sp³-hybridized carbons (Fsp3) is 0.562. The number of rotatable bonds is 5. The number of piperidine rings is 1. The van der Waals surface area contributed by atoms with Gasteiger partial charge in [-0.1, -0.05) is 0 Å². The summed E-state index contributed by atoms with van der Waals surface area (Å²) in [4.78, 5) is 2.39. The molecular weight excluding hydrogens is 282 g/mol. The van der Waals surface area contributed by atoms with Gasteiger partial charge in [-0.05, 0) is 75.8 Å². The fourth-order valence-corrected chi connectivity index (χ4v) is 2.85. The van der Waals surface area contributed by atoms with Gasteiger partial charge >= 0.3 is 0 Å². The van der Waals surface area contributed by atoms with Gasteiger partial charge in [-0.15, -0.1) is 0 Å². The Hall–Kier alpha value is -1.33. The van der Waals surface area contributed by atoms with Crippen molar-refractivity contribution in [2.75, 3.05) is 38.6 Å². The zero-order valence-corrected chi connectivity index (χ0v) is 13.7. The third-order valence-electron chi connectivity index (χ3n) is 3.70. The highest BCUT2D eigenvalue weighted by atomic mass is 32.1. The lowest BCUT2D eigenvalue weighted by molar-refractivity contribution is 0.211. The molecular formula is C16H25N3OS. The molecule has 1 fully saturated rings. The van der Waals surface area contributed by atoms with E-state index in [2.05, 4.69) is 22.6 Å². The molecule has 0 saturated carbocycles. The molecule has 0 aliphatic carbocycles. The first-order valence-electron chi connectivity index (χ1n) is 7.63. The van der Waals surface area contributed by atoms with Crippen LogP contribution in [0.5, 0.6) is 5.75 Å². The van der Waals surface area contributed by atoms with Gasteiger partial charge in [-0.3, -0.25) is 0 Å². The van der Waals surface area contributed by atoms with Gasteiger partial charge in [-0.2, -0.15) is 0 Å². The molecule has 0 spiro atoms. The van der Waals surface area contributed by atoms with Crippen LogP contribution in [0.15, 0.2) is 24.3 Å². The number of benzene rings is 1. The lowest BCUT2D eigenvalue weighted by Crippen LogP contribution is -2.40. The summed E-state index contributed by atoms with van der Waals surface area (Å²) in [6, 6.07) is 7.86. The number of hydrogen-bond donors (Lipinski definition) is 2. The van der Waals surface area contributed by atoms with Gasteiger partial charge in [-0.25, -0.2) is 0 Å². The largest absolute Gasteiger partial charge is 0.494 e. The highest BCUT2D eigenvalue weighted by molar-refractivity contribution is 7.80. The van der Waals surface area contributed by atoms with E-state index >= 15 is 0 Å². The summed E-state index contributed by atoms with van der Waals surface area (Å²) in [5, 5.41) is 7.22. The molecule has 1 aromatic carbocycles. The minimum Gasteiger partial charge on any atom is -0.494 e. The normalized spacial score (nSPS) is 19.0. The second-order valence-electron chi connectivity index (χ2n) is 5.56. The smallest absolute Gasteiger partial charge is 0.170 e. The number of hydrogen-bond acceptors (Lipinski definition) is 3. The van der Waals surface area contributed by atoms with Crippen molar-refractivity contribution in [3.8, 4) is 5.75 Å². The Bertz CT molecular complexity index is 449. The molecule has 0 aromatic heterocycles. The van der Waals surface area contributed by atoms with Crippen LogP contribution in [-0.4, -0.2) is 43.3 Å². The van der Waals surface area contributed by atoms with Gasteiger partial charge in [0.05, 0.1) is 6.61 Å². The van der Waals surface area contributed by atoms with E-state index in [0.29, 0.717) is 17.6 Å². The number of ether oxygens (including phenoxy) is 1. The molecule has 21 heavy (non-hydrogen) atoms. The third kappa shape index (κ3) is 5.52. The topological polar surface area (TPSA) is 36.5 Å². The van der Waals surface area contributed by atoms with Crippen molar-refractivity contribution in [1.82, 2.24) is 10.2 Å². The molecule has 2 N–H and O–H groups in total. The Morgan fingerprint density at radius 3 is 2.81 bits per heavy atom. The van der Waals surface area contributed by atoms with Gasteiger partial charge in [0.1, 0.15) is 5.75 Å². The number of nitrogens with one attached hydrogen (secondary N) is 2. The summed E-state index contributed by atoms with van der Waals surface area (Å²) in [6.45, 7) is 5.97. The number of thiocarbonyl (C=S) groups is 1. The summed E-state index contributed by atoms with van der Waals surface area (Å²) < 4.78 is 5.42. The molecule has 1 aliphatic heterocycles. The number of anilines is 1. The summed E-state index contributed by atoms with van der Waals surface area (Å²) in [5.41, 5.74) is 0.983. The predicted molar refractivity (Wildman–Crippen MR) is 92.1 cm³/mol. The van der Waals surface area contributed by atoms with E-state index in [1.807, 2.05) is 31.2 Å². The van der Waals surface area contributed by atoms with Gasteiger partial charge < -0.3 is 20.3 Å². The van der Waals surface area contributed by atoms with Crippen LogP contribution < -0.4 is 15.4 Å². The average Bonchev–Trinajstić information content (AvgIpc) is 2.48. The van der Waals surface area contributed by atoms with E-state index in [9.17, 15) is 0 Å². The molecule has 116 valence electrons. The third-order valence-corrected chi connectivity index (χ3v) is 3.94. The summed E-state index contributed by atoms with van der Waals surface area (Å²) in [7, 11) is 2.18. The van der Waals surface area contributed by atoms with E-state index in [1.54, 1.807) is 0 Å². The van der Waals surface area contributed by atoms with Gasteiger partial charge in [0.15, 0.2) is 5.11 Å². The van der Waals surface area contributed by atoms with Crippen molar-refractivity contribution in [3.63, 3.8) is 0 Å². The summed E-state index contributed by atoms with van der Waals surface area (Å²) in [5.74, 6) is 1.57. The summed E-state index contributed by atoms with van der Waals surface area (Å²) in [6.07, 6.45) is 2.56. The highest BCUT2D eigenvalue weighted by Crippen LogP contribution is 2.16. The van der Waals surface area contributed by atoms with Crippen LogP contribution >= 0.6 is 12.2 Å². The first-order chi connectivity index (χ1) is 10.2. The van der Waals surface area contributed by atoms with Crippen molar-refractivity contribution in [2.45, 2.75) is 19.8 Å². The molecule has 5 heteroatoms. The highest BCUT2D eigenvalue weighted by Gasteiger charge is 2.16. The minimum atomic E-state index is 0.683. The lowest BCUT2D eigenvalue weighted by atomic mass is 9.99. The molecule has 1 atom stereocenters. The molecule has 0 bridgehead atoms. The molecule has 0 amide bonds. The van der Waals surface area contributed by atoms with Crippen LogP contribution in [0.2, 0.25) is 0 Å². The van der Waals surface area contributed by atoms with Crippen LogP contribution in [0, 0.1) is 5.92 Å². The van der Waals surface area contributed by atoms with E-state index in [4.69, 9.17) is 17.0 Å². The monoisotopic (exact) mass is 307 g/mol. The maximum atomic E-state index is 5.42. The Kier molecular flexibility index (Phi) is 6.26. The second kappa shape index (κ2) is 8.20. The lowest BCUT2D eigenvalue weighted by Gasteiger charge is -2.30. The first-order valence-corrected chi connectivity index (χ1v) is 8.04. The maximum Gasteiger partial charge on any atom is 0.170 e. The molecule has 2 rings (SSSR count). The second-order valence-corrected chi connectivity index (χ2v) is 5.97. The Morgan fingerprint density at radius 1 is 1.38 bits per heavy atom. The van der Waals surface area contributed by atoms with E-state index in [1.165, 1.54) is 19.4 Å². The van der Waals surface area contributed by atoms with E-state index in [0.717, 1.165) is 24.5 Å². The summed E-state index contributed by atoms with van der Waals surface area (Å²) >= 11 is 5.35. The molecule has 1 aromatic rings. The SMILES string of the molecule is CCOc1ccc(NC(=S)NC[C@@H]2CCCN(C)C2)cc1. The van der Waals surface area contributed by atoms with Crippen molar-refractivity contribution in [1.29, 1.82) is 0 Å². The van der Waals surface area contributed by atoms with Crippen LogP contribution in [-0.2, 0) is 0 Å². The van der Waals surface area contributed by atoms with E-state index < -0.39 is 0 Å². The van der Waals surface area contributed by atoms with Crippen molar-refractivity contribution < 1.29 is 4.74 Å². The van der Waals surface area contributed by atoms with E-state index in [-0.39, 0.29) is 0 Å². The van der Waals surface area contributed by atoms with Crippen LogP contribution in [0.1, 0.15) is 19.8 Å². The Balaban J connectivity index is 1.73.